The Morgan fingerprint density at radius 2 is 1.75 bits per heavy atom. The smallest absolute Gasteiger partial charge is 0.137 e. The topological polar surface area (TPSA) is 29.0 Å². The summed E-state index contributed by atoms with van der Waals surface area (Å²) in [6, 6.07) is 12.3. The number of para-hydroxylation sites is 1. The highest BCUT2D eigenvalue weighted by molar-refractivity contribution is 9.10. The van der Waals surface area contributed by atoms with Crippen molar-refractivity contribution in [2.24, 2.45) is 0 Å². The molecule has 0 atom stereocenters. The molecule has 4 heteroatoms. The maximum absolute atomic E-state index is 4.74. The van der Waals surface area contributed by atoms with E-state index in [-0.39, 0.29) is 5.41 Å². The molecule has 0 saturated heterocycles. The molecule has 0 unspecified atom stereocenters. The van der Waals surface area contributed by atoms with Gasteiger partial charge in [0.05, 0.1) is 0 Å². The Kier molecular flexibility index (Phi) is 4.43. The fourth-order valence-electron chi connectivity index (χ4n) is 1.96. The maximum atomic E-state index is 4.74. The molecule has 2 rings (SSSR count). The second-order valence-electron chi connectivity index (χ2n) is 5.70. The first-order chi connectivity index (χ1) is 9.41. The molecule has 0 radical (unpaired) electrons. The first-order valence-electron chi connectivity index (χ1n) is 6.79. The van der Waals surface area contributed by atoms with Gasteiger partial charge in [-0.3, -0.25) is 0 Å². The fourth-order valence-corrected chi connectivity index (χ4v) is 2.34. The van der Waals surface area contributed by atoms with Crippen LogP contribution in [0, 0.1) is 0 Å². The van der Waals surface area contributed by atoms with Crippen LogP contribution in [0.1, 0.15) is 33.5 Å². The standard InChI is InChI=1S/C16H20BrN3/c1-5-20(12-9-7-6-8-10-12)14-11-13(17)18-15(19-14)16(2,3)4/h6-11H,5H2,1-4H3. The minimum atomic E-state index is -0.0748. The molecular weight excluding hydrogens is 314 g/mol. The quantitative estimate of drug-likeness (QED) is 0.762. The van der Waals surface area contributed by atoms with E-state index >= 15 is 0 Å². The Morgan fingerprint density at radius 3 is 2.30 bits per heavy atom. The van der Waals surface area contributed by atoms with E-state index in [2.05, 4.69) is 65.6 Å². The third-order valence-corrected chi connectivity index (χ3v) is 3.42. The molecule has 0 aliphatic rings. The minimum absolute atomic E-state index is 0.0748. The van der Waals surface area contributed by atoms with Crippen molar-refractivity contribution in [1.29, 1.82) is 0 Å². The number of aromatic nitrogens is 2. The molecule has 0 aliphatic carbocycles. The van der Waals surface area contributed by atoms with Crippen molar-refractivity contribution in [2.75, 3.05) is 11.4 Å². The Bertz CT molecular complexity index is 576. The number of nitrogens with zero attached hydrogens (tertiary/aromatic N) is 3. The summed E-state index contributed by atoms with van der Waals surface area (Å²) < 4.78 is 0.821. The number of halogens is 1. The molecule has 2 aromatic rings. The third-order valence-electron chi connectivity index (χ3n) is 3.01. The van der Waals surface area contributed by atoms with Crippen LogP contribution >= 0.6 is 15.9 Å². The van der Waals surface area contributed by atoms with E-state index in [4.69, 9.17) is 4.98 Å². The summed E-state index contributed by atoms with van der Waals surface area (Å²) in [4.78, 5) is 11.4. The Morgan fingerprint density at radius 1 is 1.10 bits per heavy atom. The highest BCUT2D eigenvalue weighted by Crippen LogP contribution is 2.28. The van der Waals surface area contributed by atoms with Crippen molar-refractivity contribution in [3.05, 3.63) is 46.8 Å². The zero-order valence-electron chi connectivity index (χ0n) is 12.4. The zero-order chi connectivity index (χ0) is 14.8. The zero-order valence-corrected chi connectivity index (χ0v) is 14.0. The summed E-state index contributed by atoms with van der Waals surface area (Å²) >= 11 is 3.50. The molecule has 106 valence electrons. The SMILES string of the molecule is CCN(c1ccccc1)c1cc(Br)nc(C(C)(C)C)n1. The number of benzene rings is 1. The summed E-state index contributed by atoms with van der Waals surface area (Å²) in [6.45, 7) is 9.35. The second-order valence-corrected chi connectivity index (χ2v) is 6.51. The van der Waals surface area contributed by atoms with E-state index < -0.39 is 0 Å². The van der Waals surface area contributed by atoms with Gasteiger partial charge >= 0.3 is 0 Å². The van der Waals surface area contributed by atoms with Gasteiger partial charge in [-0.2, -0.15) is 0 Å². The molecule has 0 N–H and O–H groups in total. The maximum Gasteiger partial charge on any atom is 0.137 e. The van der Waals surface area contributed by atoms with Crippen LogP contribution in [0.3, 0.4) is 0 Å². The van der Waals surface area contributed by atoms with Gasteiger partial charge < -0.3 is 4.90 Å². The average Bonchev–Trinajstić information content (AvgIpc) is 2.39. The Hall–Kier alpha value is -1.42. The van der Waals surface area contributed by atoms with Crippen LogP contribution in [0.2, 0.25) is 0 Å². The van der Waals surface area contributed by atoms with Gasteiger partial charge in [0.2, 0.25) is 0 Å². The summed E-state index contributed by atoms with van der Waals surface area (Å²) in [5.41, 5.74) is 1.06. The highest BCUT2D eigenvalue weighted by Gasteiger charge is 2.20. The molecule has 20 heavy (non-hydrogen) atoms. The van der Waals surface area contributed by atoms with Crippen LogP contribution in [0.5, 0.6) is 0 Å². The fraction of sp³-hybridized carbons (Fsp3) is 0.375. The van der Waals surface area contributed by atoms with Crippen LogP contribution < -0.4 is 4.90 Å². The van der Waals surface area contributed by atoms with E-state index in [0.29, 0.717) is 0 Å². The van der Waals surface area contributed by atoms with Crippen molar-refractivity contribution in [1.82, 2.24) is 9.97 Å². The van der Waals surface area contributed by atoms with E-state index in [0.717, 1.165) is 28.5 Å². The lowest BCUT2D eigenvalue weighted by molar-refractivity contribution is 0.543. The first kappa shape index (κ1) is 15.0. The molecule has 3 nitrogen and oxygen atoms in total. The lowest BCUT2D eigenvalue weighted by Gasteiger charge is -2.25. The van der Waals surface area contributed by atoms with Crippen LogP contribution in [-0.2, 0) is 5.41 Å². The molecular formula is C16H20BrN3. The molecule has 0 saturated carbocycles. The minimum Gasteiger partial charge on any atom is -0.327 e. The van der Waals surface area contributed by atoms with Gasteiger partial charge in [-0.25, -0.2) is 9.97 Å². The van der Waals surface area contributed by atoms with E-state index in [9.17, 15) is 0 Å². The van der Waals surface area contributed by atoms with Crippen molar-refractivity contribution < 1.29 is 0 Å². The number of rotatable bonds is 3. The highest BCUT2D eigenvalue weighted by atomic mass is 79.9. The van der Waals surface area contributed by atoms with Crippen LogP contribution in [-0.4, -0.2) is 16.5 Å². The molecule has 1 heterocycles. The van der Waals surface area contributed by atoms with Crippen molar-refractivity contribution in [3.8, 4) is 0 Å². The van der Waals surface area contributed by atoms with E-state index in [1.165, 1.54) is 0 Å². The largest absolute Gasteiger partial charge is 0.327 e. The van der Waals surface area contributed by atoms with Gasteiger partial charge in [0, 0.05) is 23.7 Å². The van der Waals surface area contributed by atoms with E-state index in [1.807, 2.05) is 24.3 Å². The van der Waals surface area contributed by atoms with Gasteiger partial charge in [-0.1, -0.05) is 39.0 Å². The van der Waals surface area contributed by atoms with Gasteiger partial charge in [-0.05, 0) is 35.0 Å². The second kappa shape index (κ2) is 5.92. The number of anilines is 2. The van der Waals surface area contributed by atoms with Gasteiger partial charge in [0.25, 0.3) is 0 Å². The van der Waals surface area contributed by atoms with Crippen LogP contribution in [0.25, 0.3) is 0 Å². The predicted octanol–water partition coefficient (Wildman–Crippen LogP) is 4.69. The summed E-state index contributed by atoms with van der Waals surface area (Å²) in [6.07, 6.45) is 0. The predicted molar refractivity (Wildman–Crippen MR) is 87.6 cm³/mol. The van der Waals surface area contributed by atoms with E-state index in [1.54, 1.807) is 0 Å². The van der Waals surface area contributed by atoms with Gasteiger partial charge in [0.1, 0.15) is 16.2 Å². The molecule has 0 amide bonds. The van der Waals surface area contributed by atoms with Crippen molar-refractivity contribution in [2.45, 2.75) is 33.1 Å². The van der Waals surface area contributed by atoms with Crippen LogP contribution in [0.15, 0.2) is 41.0 Å². The molecule has 1 aromatic heterocycles. The van der Waals surface area contributed by atoms with Crippen molar-refractivity contribution >= 4 is 27.4 Å². The van der Waals surface area contributed by atoms with Crippen LogP contribution in [0.4, 0.5) is 11.5 Å². The molecule has 0 bridgehead atoms. The summed E-state index contributed by atoms with van der Waals surface area (Å²) in [5.74, 6) is 1.77. The average molecular weight is 334 g/mol. The lowest BCUT2D eigenvalue weighted by atomic mass is 9.96. The Balaban J connectivity index is 2.48. The molecule has 1 aromatic carbocycles. The van der Waals surface area contributed by atoms with Gasteiger partial charge in [-0.15, -0.1) is 0 Å². The van der Waals surface area contributed by atoms with Gasteiger partial charge in [0.15, 0.2) is 0 Å². The number of hydrogen-bond acceptors (Lipinski definition) is 3. The monoisotopic (exact) mass is 333 g/mol. The molecule has 0 fully saturated rings. The lowest BCUT2D eigenvalue weighted by Crippen LogP contribution is -2.22. The molecule has 0 spiro atoms. The first-order valence-corrected chi connectivity index (χ1v) is 7.58. The normalized spacial score (nSPS) is 11.4. The third kappa shape index (κ3) is 3.37. The van der Waals surface area contributed by atoms with Crippen molar-refractivity contribution in [3.63, 3.8) is 0 Å². The number of hydrogen-bond donors (Lipinski definition) is 0. The summed E-state index contributed by atoms with van der Waals surface area (Å²) in [7, 11) is 0. The summed E-state index contributed by atoms with van der Waals surface area (Å²) in [5, 5.41) is 0. The molecule has 0 aliphatic heterocycles. The Labute approximate surface area is 129 Å².